The average molecular weight is 281 g/mol. The van der Waals surface area contributed by atoms with Crippen molar-refractivity contribution in [3.05, 3.63) is 0 Å². The van der Waals surface area contributed by atoms with Crippen molar-refractivity contribution in [2.45, 2.75) is 44.9 Å². The third-order valence-corrected chi connectivity index (χ3v) is 5.14. The molecule has 2 rings (SSSR count). The molecular formula is C12H21ClO3S. The van der Waals surface area contributed by atoms with Gasteiger partial charge in [-0.15, -0.1) is 0 Å². The minimum atomic E-state index is -3.42. The highest BCUT2D eigenvalue weighted by atomic mass is 35.7. The Bertz CT molecular complexity index is 343. The Morgan fingerprint density at radius 2 is 1.82 bits per heavy atom. The lowest BCUT2D eigenvalue weighted by Gasteiger charge is -2.36. The van der Waals surface area contributed by atoms with Gasteiger partial charge in [-0.05, 0) is 31.6 Å². The van der Waals surface area contributed by atoms with Crippen molar-refractivity contribution >= 4 is 19.7 Å². The molecule has 100 valence electrons. The number of hydrogen-bond donors (Lipinski definition) is 0. The summed E-state index contributed by atoms with van der Waals surface area (Å²) in [6.45, 7) is 1.36. The van der Waals surface area contributed by atoms with Crippen LogP contribution in [0.4, 0.5) is 0 Å². The van der Waals surface area contributed by atoms with E-state index in [1.54, 1.807) is 0 Å². The Labute approximate surface area is 108 Å². The minimum absolute atomic E-state index is 0.0756. The normalized spacial score (nSPS) is 24.8. The van der Waals surface area contributed by atoms with Crippen LogP contribution in [0.2, 0.25) is 0 Å². The van der Waals surface area contributed by atoms with Crippen LogP contribution in [0.25, 0.3) is 0 Å². The summed E-state index contributed by atoms with van der Waals surface area (Å²) in [5.41, 5.74) is -0.215. The fourth-order valence-corrected chi connectivity index (χ4v) is 4.52. The molecule has 3 nitrogen and oxygen atoms in total. The van der Waals surface area contributed by atoms with Crippen molar-refractivity contribution in [2.24, 2.45) is 11.3 Å². The van der Waals surface area contributed by atoms with Crippen LogP contribution in [0.1, 0.15) is 44.9 Å². The number of ether oxygens (including phenoxy) is 1. The average Bonchev–Trinajstić information content (AvgIpc) is 3.00. The van der Waals surface area contributed by atoms with Gasteiger partial charge in [0.2, 0.25) is 9.05 Å². The van der Waals surface area contributed by atoms with Crippen molar-refractivity contribution in [1.82, 2.24) is 0 Å². The molecule has 0 saturated heterocycles. The van der Waals surface area contributed by atoms with Crippen LogP contribution in [0.3, 0.4) is 0 Å². The maximum absolute atomic E-state index is 11.3. The third-order valence-electron chi connectivity index (χ3n) is 3.85. The molecule has 17 heavy (non-hydrogen) atoms. The number of hydrogen-bond acceptors (Lipinski definition) is 3. The van der Waals surface area contributed by atoms with Gasteiger partial charge in [0.05, 0.1) is 12.4 Å². The Morgan fingerprint density at radius 1 is 1.18 bits per heavy atom. The predicted octanol–water partition coefficient (Wildman–Crippen LogP) is 2.93. The van der Waals surface area contributed by atoms with Gasteiger partial charge in [0.15, 0.2) is 0 Å². The fourth-order valence-electron chi connectivity index (χ4n) is 2.72. The summed E-state index contributed by atoms with van der Waals surface area (Å²) in [7, 11) is 2.00. The van der Waals surface area contributed by atoms with Crippen LogP contribution in [-0.4, -0.2) is 27.4 Å². The smallest absolute Gasteiger partial charge is 0.233 e. The lowest BCUT2D eigenvalue weighted by atomic mass is 9.76. The van der Waals surface area contributed by atoms with Crippen LogP contribution in [0.15, 0.2) is 0 Å². The number of rotatable bonds is 6. The van der Waals surface area contributed by atoms with Crippen LogP contribution < -0.4 is 0 Å². The highest BCUT2D eigenvalue weighted by molar-refractivity contribution is 8.13. The summed E-state index contributed by atoms with van der Waals surface area (Å²) in [6, 6.07) is 0. The summed E-state index contributed by atoms with van der Waals surface area (Å²) in [4.78, 5) is 0. The highest BCUT2D eigenvalue weighted by Crippen LogP contribution is 2.39. The molecule has 0 aromatic carbocycles. The Morgan fingerprint density at radius 3 is 2.35 bits per heavy atom. The highest BCUT2D eigenvalue weighted by Gasteiger charge is 2.37. The Hall–Kier alpha value is 0.200. The van der Waals surface area contributed by atoms with Crippen molar-refractivity contribution in [3.63, 3.8) is 0 Å². The standard InChI is InChI=1S/C12H21ClO3S/c13-17(14,15)10-12(6-2-1-3-7-12)9-16-8-11-4-5-11/h11H,1-10H2. The second kappa shape index (κ2) is 5.45. The Balaban J connectivity index is 1.89. The van der Waals surface area contributed by atoms with E-state index in [2.05, 4.69) is 0 Å². The van der Waals surface area contributed by atoms with Crippen molar-refractivity contribution in [3.8, 4) is 0 Å². The van der Waals surface area contributed by atoms with Crippen molar-refractivity contribution < 1.29 is 13.2 Å². The maximum atomic E-state index is 11.3. The zero-order valence-electron chi connectivity index (χ0n) is 10.2. The van der Waals surface area contributed by atoms with Crippen LogP contribution in [0.5, 0.6) is 0 Å². The molecule has 5 heteroatoms. The fraction of sp³-hybridized carbons (Fsp3) is 1.00. The summed E-state index contributed by atoms with van der Waals surface area (Å²) < 4.78 is 28.4. The van der Waals surface area contributed by atoms with Crippen molar-refractivity contribution in [1.29, 1.82) is 0 Å². The summed E-state index contributed by atoms with van der Waals surface area (Å²) >= 11 is 0. The molecule has 0 N–H and O–H groups in total. The van der Waals surface area contributed by atoms with E-state index in [1.165, 1.54) is 19.3 Å². The zero-order chi connectivity index (χ0) is 12.4. The first kappa shape index (κ1) is 13.6. The molecule has 2 saturated carbocycles. The Kier molecular flexibility index (Phi) is 4.37. The summed E-state index contributed by atoms with van der Waals surface area (Å²) in [5.74, 6) is 0.801. The van der Waals surface area contributed by atoms with Gasteiger partial charge in [-0.2, -0.15) is 0 Å². The molecule has 0 bridgehead atoms. The molecule has 0 aliphatic heterocycles. The molecule has 0 unspecified atom stereocenters. The monoisotopic (exact) mass is 280 g/mol. The first-order chi connectivity index (χ1) is 7.99. The number of halogens is 1. The molecule has 2 aliphatic carbocycles. The molecule has 2 fully saturated rings. The molecule has 2 aliphatic rings. The van der Waals surface area contributed by atoms with Crippen LogP contribution in [0, 0.1) is 11.3 Å². The molecule has 0 amide bonds. The van der Waals surface area contributed by atoms with E-state index >= 15 is 0 Å². The molecule has 0 heterocycles. The summed E-state index contributed by atoms with van der Waals surface area (Å²) in [5, 5.41) is 0. The van der Waals surface area contributed by atoms with Gasteiger partial charge in [-0.3, -0.25) is 0 Å². The van der Waals surface area contributed by atoms with Crippen LogP contribution in [-0.2, 0) is 13.8 Å². The SMILES string of the molecule is O=S(=O)(Cl)CC1(COCC2CC2)CCCCC1. The molecule has 0 spiro atoms. The van der Waals surface area contributed by atoms with E-state index in [-0.39, 0.29) is 11.2 Å². The van der Waals surface area contributed by atoms with E-state index < -0.39 is 9.05 Å². The molecule has 0 aromatic rings. The van der Waals surface area contributed by atoms with Gasteiger partial charge in [0, 0.05) is 22.7 Å². The maximum Gasteiger partial charge on any atom is 0.233 e. The topological polar surface area (TPSA) is 43.4 Å². The van der Waals surface area contributed by atoms with E-state index in [9.17, 15) is 8.42 Å². The van der Waals surface area contributed by atoms with E-state index in [0.29, 0.717) is 6.61 Å². The van der Waals surface area contributed by atoms with E-state index in [0.717, 1.165) is 38.2 Å². The minimum Gasteiger partial charge on any atom is -0.381 e. The van der Waals surface area contributed by atoms with Crippen molar-refractivity contribution in [2.75, 3.05) is 19.0 Å². The molecule has 0 atom stereocenters. The first-order valence-corrected chi connectivity index (χ1v) is 8.97. The quantitative estimate of drug-likeness (QED) is 0.703. The van der Waals surface area contributed by atoms with Gasteiger partial charge in [0.1, 0.15) is 0 Å². The molecule has 0 radical (unpaired) electrons. The summed E-state index contributed by atoms with van der Waals surface area (Å²) in [6.07, 6.45) is 7.79. The largest absolute Gasteiger partial charge is 0.381 e. The lowest BCUT2D eigenvalue weighted by Crippen LogP contribution is -2.36. The zero-order valence-corrected chi connectivity index (χ0v) is 11.7. The third kappa shape index (κ3) is 4.76. The van der Waals surface area contributed by atoms with Gasteiger partial charge in [-0.1, -0.05) is 19.3 Å². The van der Waals surface area contributed by atoms with E-state index in [1.807, 2.05) is 0 Å². The van der Waals surface area contributed by atoms with Crippen LogP contribution >= 0.6 is 10.7 Å². The van der Waals surface area contributed by atoms with Gasteiger partial charge < -0.3 is 4.74 Å². The second-order valence-electron chi connectivity index (χ2n) is 5.70. The van der Waals surface area contributed by atoms with Gasteiger partial charge in [-0.25, -0.2) is 8.42 Å². The van der Waals surface area contributed by atoms with Gasteiger partial charge >= 0.3 is 0 Å². The molecular weight excluding hydrogens is 260 g/mol. The second-order valence-corrected chi connectivity index (χ2v) is 8.48. The van der Waals surface area contributed by atoms with E-state index in [4.69, 9.17) is 15.4 Å². The predicted molar refractivity (Wildman–Crippen MR) is 68.7 cm³/mol. The van der Waals surface area contributed by atoms with Gasteiger partial charge in [0.25, 0.3) is 0 Å². The lowest BCUT2D eigenvalue weighted by molar-refractivity contribution is 0.0284. The molecule has 0 aromatic heterocycles. The first-order valence-electron chi connectivity index (χ1n) is 6.49.